The summed E-state index contributed by atoms with van der Waals surface area (Å²) in [5.74, 6) is 3.63. The van der Waals surface area contributed by atoms with E-state index < -0.39 is 0 Å². The van der Waals surface area contributed by atoms with Crippen molar-refractivity contribution in [2.24, 2.45) is 12.8 Å². The molecule has 0 aliphatic carbocycles. The molecule has 2 unspecified atom stereocenters. The van der Waals surface area contributed by atoms with Gasteiger partial charge in [0, 0.05) is 35.8 Å². The van der Waals surface area contributed by atoms with Gasteiger partial charge in [0.15, 0.2) is 0 Å². The van der Waals surface area contributed by atoms with Crippen molar-refractivity contribution in [3.05, 3.63) is 18.2 Å². The number of aromatic nitrogens is 2. The largest absolute Gasteiger partial charge is 0.340 e. The summed E-state index contributed by atoms with van der Waals surface area (Å²) in [6.45, 7) is 0. The van der Waals surface area contributed by atoms with Gasteiger partial charge in [-0.2, -0.15) is 23.5 Å². The Morgan fingerprint density at radius 1 is 1.64 bits per heavy atom. The summed E-state index contributed by atoms with van der Waals surface area (Å²) in [5.41, 5.74) is 7.19. The van der Waals surface area contributed by atoms with Crippen molar-refractivity contribution < 1.29 is 0 Å². The van der Waals surface area contributed by atoms with E-state index in [1.54, 1.807) is 0 Å². The van der Waals surface area contributed by atoms with Gasteiger partial charge in [-0.3, -0.25) is 0 Å². The second-order valence-corrected chi connectivity index (χ2v) is 5.97. The highest BCUT2D eigenvalue weighted by Gasteiger charge is 2.24. The minimum absolute atomic E-state index is 0.0917. The Morgan fingerprint density at radius 3 is 3.07 bits per heavy atom. The molecule has 78 valence electrons. The molecule has 1 aromatic rings. The van der Waals surface area contributed by atoms with Crippen LogP contribution in [0.25, 0.3) is 0 Å². The highest BCUT2D eigenvalue weighted by Crippen LogP contribution is 2.31. The molecule has 0 bridgehead atoms. The zero-order valence-electron chi connectivity index (χ0n) is 8.22. The van der Waals surface area contributed by atoms with Crippen molar-refractivity contribution in [3.8, 4) is 0 Å². The van der Waals surface area contributed by atoms with E-state index in [9.17, 15) is 0 Å². The Hall–Kier alpha value is -0.130. The fraction of sp³-hybridized carbons (Fsp3) is 0.667. The summed E-state index contributed by atoms with van der Waals surface area (Å²) < 4.78 is 1.95. The molecule has 0 aromatic carbocycles. The number of imidazole rings is 1. The van der Waals surface area contributed by atoms with E-state index in [0.717, 1.165) is 11.4 Å². The molecular formula is C9H15N3S2. The maximum Gasteiger partial charge on any atom is 0.0947 e. The van der Waals surface area contributed by atoms with Gasteiger partial charge >= 0.3 is 0 Å². The molecule has 2 atom stereocenters. The average molecular weight is 229 g/mol. The highest BCUT2D eigenvalue weighted by atomic mass is 32.2. The quantitative estimate of drug-likeness (QED) is 0.829. The summed E-state index contributed by atoms with van der Waals surface area (Å²) in [5, 5.41) is 0.531. The summed E-state index contributed by atoms with van der Waals surface area (Å²) in [4.78, 5) is 4.31. The Morgan fingerprint density at radius 2 is 2.50 bits per heavy atom. The number of rotatable bonds is 2. The lowest BCUT2D eigenvalue weighted by molar-refractivity contribution is 0.698. The first-order chi connectivity index (χ1) is 6.77. The molecule has 2 N–H and O–H groups in total. The van der Waals surface area contributed by atoms with Crippen molar-refractivity contribution in [2.45, 2.75) is 11.3 Å². The molecule has 1 aliphatic heterocycles. The molecule has 1 fully saturated rings. The molecule has 2 heterocycles. The average Bonchev–Trinajstić information content (AvgIpc) is 2.65. The number of aryl methyl sites for hydroxylation is 1. The molecule has 0 amide bonds. The van der Waals surface area contributed by atoms with Crippen LogP contribution in [0.4, 0.5) is 0 Å². The van der Waals surface area contributed by atoms with E-state index in [4.69, 9.17) is 5.73 Å². The van der Waals surface area contributed by atoms with E-state index in [1.165, 1.54) is 11.5 Å². The Kier molecular flexibility index (Phi) is 3.41. The monoisotopic (exact) mass is 229 g/mol. The normalized spacial score (nSPS) is 24.9. The van der Waals surface area contributed by atoms with Crippen molar-refractivity contribution in [1.82, 2.24) is 9.55 Å². The summed E-state index contributed by atoms with van der Waals surface area (Å²) >= 11 is 3.98. The van der Waals surface area contributed by atoms with Gasteiger partial charge in [-0.15, -0.1) is 0 Å². The summed E-state index contributed by atoms with van der Waals surface area (Å²) in [7, 11) is 1.98. The standard InChI is InChI=1S/C9H15N3S2/c1-12-4-7(11-6-12)9(10)8-5-13-2-3-14-8/h4,6,8-9H,2-3,5,10H2,1H3. The van der Waals surface area contributed by atoms with Crippen LogP contribution in [0.1, 0.15) is 11.7 Å². The van der Waals surface area contributed by atoms with Gasteiger partial charge in [-0.05, 0) is 0 Å². The zero-order valence-corrected chi connectivity index (χ0v) is 9.85. The van der Waals surface area contributed by atoms with Crippen molar-refractivity contribution >= 4 is 23.5 Å². The van der Waals surface area contributed by atoms with E-state index in [0.29, 0.717) is 5.25 Å². The third-order valence-corrected chi connectivity index (χ3v) is 5.19. The Labute approximate surface area is 92.8 Å². The smallest absolute Gasteiger partial charge is 0.0947 e. The van der Waals surface area contributed by atoms with Crippen molar-refractivity contribution in [2.75, 3.05) is 17.3 Å². The minimum atomic E-state index is 0.0917. The van der Waals surface area contributed by atoms with Gasteiger partial charge in [-0.25, -0.2) is 4.98 Å². The van der Waals surface area contributed by atoms with Crippen LogP contribution < -0.4 is 5.73 Å². The number of nitrogens with two attached hydrogens (primary N) is 1. The second kappa shape index (κ2) is 4.59. The van der Waals surface area contributed by atoms with Gasteiger partial charge in [-0.1, -0.05) is 0 Å². The first kappa shape index (κ1) is 10.4. The van der Waals surface area contributed by atoms with Gasteiger partial charge in [0.1, 0.15) is 0 Å². The van der Waals surface area contributed by atoms with Crippen LogP contribution in [0.2, 0.25) is 0 Å². The zero-order chi connectivity index (χ0) is 9.97. The summed E-state index contributed by atoms with van der Waals surface area (Å²) in [6.07, 6.45) is 3.83. The second-order valence-electron chi connectivity index (χ2n) is 3.47. The maximum absolute atomic E-state index is 6.17. The Balaban J connectivity index is 2.03. The first-order valence-electron chi connectivity index (χ1n) is 4.70. The number of hydrogen-bond acceptors (Lipinski definition) is 4. The maximum atomic E-state index is 6.17. The molecule has 1 saturated heterocycles. The van der Waals surface area contributed by atoms with Gasteiger partial charge < -0.3 is 10.3 Å². The van der Waals surface area contributed by atoms with Crippen LogP contribution >= 0.6 is 23.5 Å². The number of hydrogen-bond donors (Lipinski definition) is 1. The third-order valence-electron chi connectivity index (χ3n) is 2.31. The van der Waals surface area contributed by atoms with Gasteiger partial charge in [0.25, 0.3) is 0 Å². The number of thioether (sulfide) groups is 2. The van der Waals surface area contributed by atoms with Crippen molar-refractivity contribution in [3.63, 3.8) is 0 Å². The fourth-order valence-corrected chi connectivity index (χ4v) is 4.29. The first-order valence-corrected chi connectivity index (χ1v) is 6.90. The molecule has 0 spiro atoms. The molecule has 2 rings (SSSR count). The lowest BCUT2D eigenvalue weighted by Crippen LogP contribution is -2.29. The highest BCUT2D eigenvalue weighted by molar-refractivity contribution is 8.06. The SMILES string of the molecule is Cn1cnc(C(N)C2CSCCS2)c1. The predicted octanol–water partition coefficient (Wildman–Crippen LogP) is 1.27. The van der Waals surface area contributed by atoms with Gasteiger partial charge in [0.05, 0.1) is 18.1 Å². The Bertz CT molecular complexity index is 294. The molecule has 3 nitrogen and oxygen atoms in total. The topological polar surface area (TPSA) is 43.8 Å². The van der Waals surface area contributed by atoms with Crippen LogP contribution in [-0.2, 0) is 7.05 Å². The van der Waals surface area contributed by atoms with E-state index in [-0.39, 0.29) is 6.04 Å². The molecule has 14 heavy (non-hydrogen) atoms. The molecule has 0 saturated carbocycles. The summed E-state index contributed by atoms with van der Waals surface area (Å²) in [6, 6.07) is 0.0917. The fourth-order valence-electron chi connectivity index (χ4n) is 1.51. The molecule has 1 aromatic heterocycles. The molecule has 0 radical (unpaired) electrons. The third kappa shape index (κ3) is 2.27. The molecule has 5 heteroatoms. The van der Waals surface area contributed by atoms with Gasteiger partial charge in [0.2, 0.25) is 0 Å². The van der Waals surface area contributed by atoms with Crippen LogP contribution in [-0.4, -0.2) is 32.1 Å². The van der Waals surface area contributed by atoms with Crippen molar-refractivity contribution in [1.29, 1.82) is 0 Å². The minimum Gasteiger partial charge on any atom is -0.340 e. The predicted molar refractivity (Wildman–Crippen MR) is 63.7 cm³/mol. The molecule has 1 aliphatic rings. The van der Waals surface area contributed by atoms with E-state index >= 15 is 0 Å². The lowest BCUT2D eigenvalue weighted by Gasteiger charge is -2.25. The molecular weight excluding hydrogens is 214 g/mol. The van der Waals surface area contributed by atoms with Crippen LogP contribution in [0.3, 0.4) is 0 Å². The van der Waals surface area contributed by atoms with Crippen LogP contribution in [0.15, 0.2) is 12.5 Å². The lowest BCUT2D eigenvalue weighted by atomic mass is 10.2. The van der Waals surface area contributed by atoms with Crippen LogP contribution in [0.5, 0.6) is 0 Å². The van der Waals surface area contributed by atoms with E-state index in [1.807, 2.05) is 47.7 Å². The van der Waals surface area contributed by atoms with E-state index in [2.05, 4.69) is 4.98 Å². The number of nitrogens with zero attached hydrogens (tertiary/aromatic N) is 2. The van der Waals surface area contributed by atoms with Crippen LogP contribution in [0, 0.1) is 0 Å².